The third-order valence-corrected chi connectivity index (χ3v) is 7.42. The van der Waals surface area contributed by atoms with Crippen molar-refractivity contribution in [3.8, 4) is 0 Å². The molecule has 1 aliphatic heterocycles. The van der Waals surface area contributed by atoms with Gasteiger partial charge in [0, 0.05) is 12.6 Å². The fourth-order valence-electron chi connectivity index (χ4n) is 3.24. The highest BCUT2D eigenvalue weighted by molar-refractivity contribution is 7.91. The average molecular weight is 392 g/mol. The van der Waals surface area contributed by atoms with E-state index in [0.29, 0.717) is 17.8 Å². The van der Waals surface area contributed by atoms with E-state index in [4.69, 9.17) is 0 Å². The standard InChI is InChI=1S/C20H25NO3S2/c1-20(2,3)16-8-6-15(7-9-16)13-21(17-10-12-26(23,24)14-17)19(22)18-5-4-11-25-18/h4-9,11,17H,10,12-14H2,1-3H3. The van der Waals surface area contributed by atoms with Crippen LogP contribution in [0.2, 0.25) is 0 Å². The van der Waals surface area contributed by atoms with Gasteiger partial charge in [-0.2, -0.15) is 0 Å². The minimum atomic E-state index is -3.05. The van der Waals surface area contributed by atoms with Crippen LogP contribution in [0, 0.1) is 0 Å². The number of nitrogens with zero attached hydrogens (tertiary/aromatic N) is 1. The molecule has 0 spiro atoms. The molecule has 26 heavy (non-hydrogen) atoms. The molecule has 2 heterocycles. The quantitative estimate of drug-likeness (QED) is 0.795. The summed E-state index contributed by atoms with van der Waals surface area (Å²) in [7, 11) is -3.05. The van der Waals surface area contributed by atoms with Crippen LogP contribution in [0.3, 0.4) is 0 Å². The van der Waals surface area contributed by atoms with Gasteiger partial charge in [-0.15, -0.1) is 11.3 Å². The number of carbonyl (C=O) groups is 1. The lowest BCUT2D eigenvalue weighted by molar-refractivity contribution is 0.0686. The predicted octanol–water partition coefficient (Wildman–Crippen LogP) is 3.88. The van der Waals surface area contributed by atoms with Crippen LogP contribution in [0.25, 0.3) is 0 Å². The van der Waals surface area contributed by atoms with Crippen molar-refractivity contribution < 1.29 is 13.2 Å². The van der Waals surface area contributed by atoms with Crippen LogP contribution in [-0.2, 0) is 21.8 Å². The molecule has 1 aromatic heterocycles. The van der Waals surface area contributed by atoms with Crippen LogP contribution in [0.1, 0.15) is 48.0 Å². The third-order valence-electron chi connectivity index (χ3n) is 4.81. The van der Waals surface area contributed by atoms with E-state index >= 15 is 0 Å². The van der Waals surface area contributed by atoms with Crippen LogP contribution in [0.5, 0.6) is 0 Å². The summed E-state index contributed by atoms with van der Waals surface area (Å²) in [5.41, 5.74) is 2.33. The first-order chi connectivity index (χ1) is 12.2. The third kappa shape index (κ3) is 4.35. The van der Waals surface area contributed by atoms with E-state index in [1.807, 2.05) is 23.6 Å². The Balaban J connectivity index is 1.85. The maximum atomic E-state index is 13.0. The molecule has 0 saturated carbocycles. The Hall–Kier alpha value is -1.66. The second-order valence-corrected chi connectivity index (χ2v) is 11.1. The van der Waals surface area contributed by atoms with Crippen molar-refractivity contribution in [3.05, 3.63) is 57.8 Å². The topological polar surface area (TPSA) is 54.5 Å². The molecule has 4 nitrogen and oxygen atoms in total. The molecule has 0 bridgehead atoms. The molecule has 140 valence electrons. The van der Waals surface area contributed by atoms with Crippen molar-refractivity contribution >= 4 is 27.1 Å². The monoisotopic (exact) mass is 391 g/mol. The highest BCUT2D eigenvalue weighted by Gasteiger charge is 2.35. The number of hydrogen-bond acceptors (Lipinski definition) is 4. The summed E-state index contributed by atoms with van der Waals surface area (Å²) in [5.74, 6) is 0.140. The van der Waals surface area contributed by atoms with Crippen LogP contribution in [-0.4, -0.2) is 36.8 Å². The Bertz CT molecular complexity index is 863. The molecule has 6 heteroatoms. The van der Waals surface area contributed by atoms with Gasteiger partial charge in [0.05, 0.1) is 16.4 Å². The zero-order chi connectivity index (χ0) is 18.9. The molecule has 1 aromatic carbocycles. The molecular formula is C20H25NO3S2. The van der Waals surface area contributed by atoms with Gasteiger partial charge in [-0.25, -0.2) is 8.42 Å². The lowest BCUT2D eigenvalue weighted by Gasteiger charge is -2.28. The Labute approximate surface area is 159 Å². The normalized spacial score (nSPS) is 19.4. The largest absolute Gasteiger partial charge is 0.330 e. The van der Waals surface area contributed by atoms with Crippen LogP contribution < -0.4 is 0 Å². The number of sulfone groups is 1. The van der Waals surface area contributed by atoms with Crippen molar-refractivity contribution in [2.45, 2.75) is 45.2 Å². The zero-order valence-corrected chi connectivity index (χ0v) is 17.1. The second-order valence-electron chi connectivity index (χ2n) is 7.91. The highest BCUT2D eigenvalue weighted by Crippen LogP contribution is 2.26. The summed E-state index contributed by atoms with van der Waals surface area (Å²) in [6.45, 7) is 6.93. The van der Waals surface area contributed by atoms with Crippen LogP contribution in [0.15, 0.2) is 41.8 Å². The summed E-state index contributed by atoms with van der Waals surface area (Å²) in [6, 6.07) is 11.7. The zero-order valence-electron chi connectivity index (χ0n) is 15.4. The van der Waals surface area contributed by atoms with E-state index in [9.17, 15) is 13.2 Å². The number of thiophene rings is 1. The minimum Gasteiger partial charge on any atom is -0.330 e. The molecule has 2 aromatic rings. The molecule has 0 aliphatic carbocycles. The van der Waals surface area contributed by atoms with Gasteiger partial charge in [-0.1, -0.05) is 51.1 Å². The number of amides is 1. The summed E-state index contributed by atoms with van der Waals surface area (Å²) in [4.78, 5) is 15.4. The Morgan fingerprint density at radius 2 is 1.88 bits per heavy atom. The summed E-state index contributed by atoms with van der Waals surface area (Å²) < 4.78 is 23.9. The molecular weight excluding hydrogens is 366 g/mol. The highest BCUT2D eigenvalue weighted by atomic mass is 32.2. The molecule has 0 radical (unpaired) electrons. The maximum Gasteiger partial charge on any atom is 0.264 e. The van der Waals surface area contributed by atoms with Gasteiger partial charge >= 0.3 is 0 Å². The van der Waals surface area contributed by atoms with Crippen LogP contribution >= 0.6 is 11.3 Å². The number of rotatable bonds is 4. The lowest BCUT2D eigenvalue weighted by atomic mass is 9.86. The van der Waals surface area contributed by atoms with Gasteiger partial charge in [-0.05, 0) is 34.4 Å². The fraction of sp³-hybridized carbons (Fsp3) is 0.450. The average Bonchev–Trinajstić information content (AvgIpc) is 3.21. The van der Waals surface area contributed by atoms with Crippen molar-refractivity contribution in [3.63, 3.8) is 0 Å². The van der Waals surface area contributed by atoms with Crippen molar-refractivity contribution in [2.24, 2.45) is 0 Å². The molecule has 1 unspecified atom stereocenters. The molecule has 3 rings (SSSR count). The second kappa shape index (κ2) is 7.16. The minimum absolute atomic E-state index is 0.0597. The number of carbonyl (C=O) groups excluding carboxylic acids is 1. The van der Waals surface area contributed by atoms with E-state index < -0.39 is 9.84 Å². The molecule has 0 N–H and O–H groups in total. The molecule has 1 saturated heterocycles. The Morgan fingerprint density at radius 3 is 2.38 bits per heavy atom. The molecule has 1 amide bonds. The van der Waals surface area contributed by atoms with E-state index in [1.165, 1.54) is 16.9 Å². The van der Waals surface area contributed by atoms with Gasteiger partial charge in [-0.3, -0.25) is 4.79 Å². The van der Waals surface area contributed by atoms with E-state index in [0.717, 1.165) is 5.56 Å². The Morgan fingerprint density at radius 1 is 1.19 bits per heavy atom. The summed E-state index contributed by atoms with van der Waals surface area (Å²) in [6.07, 6.45) is 0.513. The van der Waals surface area contributed by atoms with Crippen LogP contribution in [0.4, 0.5) is 0 Å². The maximum absolute atomic E-state index is 13.0. The molecule has 1 aliphatic rings. The van der Waals surface area contributed by atoms with Gasteiger partial charge in [0.15, 0.2) is 9.84 Å². The van der Waals surface area contributed by atoms with Gasteiger partial charge < -0.3 is 4.90 Å². The van der Waals surface area contributed by atoms with E-state index in [2.05, 4.69) is 32.9 Å². The van der Waals surface area contributed by atoms with Crippen molar-refractivity contribution in [2.75, 3.05) is 11.5 Å². The van der Waals surface area contributed by atoms with Gasteiger partial charge in [0.1, 0.15) is 0 Å². The smallest absolute Gasteiger partial charge is 0.264 e. The predicted molar refractivity (Wildman–Crippen MR) is 106 cm³/mol. The number of benzene rings is 1. The number of hydrogen-bond donors (Lipinski definition) is 0. The van der Waals surface area contributed by atoms with E-state index in [-0.39, 0.29) is 28.9 Å². The molecule has 1 atom stereocenters. The van der Waals surface area contributed by atoms with Gasteiger partial charge in [0.25, 0.3) is 5.91 Å². The first-order valence-electron chi connectivity index (χ1n) is 8.80. The molecule has 1 fully saturated rings. The SMILES string of the molecule is CC(C)(C)c1ccc(CN(C(=O)c2cccs2)C2CCS(=O)(=O)C2)cc1. The lowest BCUT2D eigenvalue weighted by Crippen LogP contribution is -2.40. The first kappa shape index (κ1) is 19.1. The first-order valence-corrected chi connectivity index (χ1v) is 11.5. The van der Waals surface area contributed by atoms with Crippen molar-refractivity contribution in [1.82, 2.24) is 4.90 Å². The Kier molecular flexibility index (Phi) is 5.26. The fourth-order valence-corrected chi connectivity index (χ4v) is 5.65. The summed E-state index contributed by atoms with van der Waals surface area (Å²) in [5, 5.41) is 1.87. The van der Waals surface area contributed by atoms with Crippen molar-refractivity contribution in [1.29, 1.82) is 0 Å². The summed E-state index contributed by atoms with van der Waals surface area (Å²) >= 11 is 1.39. The van der Waals surface area contributed by atoms with Gasteiger partial charge in [0.2, 0.25) is 0 Å². The van der Waals surface area contributed by atoms with E-state index in [1.54, 1.807) is 11.0 Å².